The summed E-state index contributed by atoms with van der Waals surface area (Å²) in [5.41, 5.74) is 1.05. The molecule has 0 aromatic carbocycles. The van der Waals surface area contributed by atoms with Crippen molar-refractivity contribution >= 4 is 0 Å². The first-order chi connectivity index (χ1) is 6.02. The van der Waals surface area contributed by atoms with E-state index in [0.29, 0.717) is 11.0 Å². The standard InChI is InChI=1S/C11H22N2/c1-5-13-9-12(4)8-10(2)6-7-11(10,13)3/h5-9H2,1-4H3. The zero-order chi connectivity index (χ0) is 9.69. The maximum absolute atomic E-state index is 2.64. The highest BCUT2D eigenvalue weighted by molar-refractivity contribution is 5.12. The normalized spacial score (nSPS) is 47.1. The molecule has 1 saturated carbocycles. The van der Waals surface area contributed by atoms with Crippen LogP contribution in [0.1, 0.15) is 33.6 Å². The van der Waals surface area contributed by atoms with Crippen molar-refractivity contribution in [2.75, 3.05) is 26.8 Å². The second-order valence-electron chi connectivity index (χ2n) is 5.35. The van der Waals surface area contributed by atoms with Crippen molar-refractivity contribution < 1.29 is 0 Å². The predicted octanol–water partition coefficient (Wildman–Crippen LogP) is 1.77. The van der Waals surface area contributed by atoms with Crippen LogP contribution in [0.5, 0.6) is 0 Å². The van der Waals surface area contributed by atoms with E-state index in [4.69, 9.17) is 0 Å². The molecule has 76 valence electrons. The highest BCUT2D eigenvalue weighted by Gasteiger charge is 2.58. The number of hydrogen-bond acceptors (Lipinski definition) is 2. The lowest BCUT2D eigenvalue weighted by molar-refractivity contribution is -0.166. The van der Waals surface area contributed by atoms with E-state index in [2.05, 4.69) is 37.6 Å². The van der Waals surface area contributed by atoms with Crippen LogP contribution in [0.4, 0.5) is 0 Å². The van der Waals surface area contributed by atoms with Gasteiger partial charge in [-0.25, -0.2) is 0 Å². The molecule has 0 bridgehead atoms. The van der Waals surface area contributed by atoms with Crippen LogP contribution in [-0.2, 0) is 0 Å². The van der Waals surface area contributed by atoms with Crippen molar-refractivity contribution in [3.8, 4) is 0 Å². The molecule has 0 amide bonds. The van der Waals surface area contributed by atoms with Crippen LogP contribution in [0.25, 0.3) is 0 Å². The summed E-state index contributed by atoms with van der Waals surface area (Å²) in [4.78, 5) is 5.10. The number of hydrogen-bond donors (Lipinski definition) is 0. The van der Waals surface area contributed by atoms with Crippen molar-refractivity contribution in [1.82, 2.24) is 9.80 Å². The Morgan fingerprint density at radius 3 is 2.38 bits per heavy atom. The summed E-state index contributed by atoms with van der Waals surface area (Å²) < 4.78 is 0. The SMILES string of the molecule is CCN1CN(C)CC2(C)CCC12C. The number of nitrogens with zero attached hydrogens (tertiary/aromatic N) is 2. The summed E-state index contributed by atoms with van der Waals surface area (Å²) in [6, 6.07) is 0. The molecule has 2 aliphatic rings. The minimum atomic E-state index is 0.494. The minimum Gasteiger partial charge on any atom is -0.293 e. The van der Waals surface area contributed by atoms with Gasteiger partial charge in [0.05, 0.1) is 6.67 Å². The molecule has 1 aliphatic heterocycles. The molecular formula is C11H22N2. The lowest BCUT2D eigenvalue weighted by Gasteiger charge is -2.66. The molecule has 13 heavy (non-hydrogen) atoms. The average molecular weight is 182 g/mol. The Hall–Kier alpha value is -0.0800. The molecule has 2 rings (SSSR count). The maximum atomic E-state index is 2.64. The fraction of sp³-hybridized carbons (Fsp3) is 1.00. The van der Waals surface area contributed by atoms with Crippen LogP contribution < -0.4 is 0 Å². The summed E-state index contributed by atoms with van der Waals surface area (Å²) in [5.74, 6) is 0. The Labute approximate surface area is 81.9 Å². The highest BCUT2D eigenvalue weighted by atomic mass is 15.4. The van der Waals surface area contributed by atoms with Gasteiger partial charge in [0.15, 0.2) is 0 Å². The summed E-state index contributed by atoms with van der Waals surface area (Å²) in [5, 5.41) is 0. The van der Waals surface area contributed by atoms with E-state index in [1.807, 2.05) is 0 Å². The van der Waals surface area contributed by atoms with Gasteiger partial charge < -0.3 is 0 Å². The molecule has 2 heteroatoms. The van der Waals surface area contributed by atoms with Gasteiger partial charge in [-0.15, -0.1) is 0 Å². The Morgan fingerprint density at radius 2 is 1.92 bits per heavy atom. The molecule has 0 aromatic rings. The molecule has 1 saturated heterocycles. The molecule has 2 nitrogen and oxygen atoms in total. The van der Waals surface area contributed by atoms with Crippen LogP contribution in [0.3, 0.4) is 0 Å². The fourth-order valence-corrected chi connectivity index (χ4v) is 3.24. The van der Waals surface area contributed by atoms with Gasteiger partial charge in [-0.1, -0.05) is 13.8 Å². The molecular weight excluding hydrogens is 160 g/mol. The molecule has 0 spiro atoms. The van der Waals surface area contributed by atoms with Gasteiger partial charge in [0.1, 0.15) is 0 Å². The molecule has 0 N–H and O–H groups in total. The quantitative estimate of drug-likeness (QED) is 0.610. The van der Waals surface area contributed by atoms with Crippen LogP contribution in [0.15, 0.2) is 0 Å². The Morgan fingerprint density at radius 1 is 1.23 bits per heavy atom. The second-order valence-corrected chi connectivity index (χ2v) is 5.35. The Bertz CT molecular complexity index is 216. The van der Waals surface area contributed by atoms with Gasteiger partial charge >= 0.3 is 0 Å². The fourth-order valence-electron chi connectivity index (χ4n) is 3.24. The average Bonchev–Trinajstić information content (AvgIpc) is 2.09. The van der Waals surface area contributed by atoms with E-state index < -0.39 is 0 Å². The van der Waals surface area contributed by atoms with Crippen molar-refractivity contribution in [2.24, 2.45) is 5.41 Å². The van der Waals surface area contributed by atoms with Crippen LogP contribution in [0.2, 0.25) is 0 Å². The van der Waals surface area contributed by atoms with Gasteiger partial charge in [-0.05, 0) is 38.8 Å². The van der Waals surface area contributed by atoms with Crippen molar-refractivity contribution in [2.45, 2.75) is 39.2 Å². The van der Waals surface area contributed by atoms with Gasteiger partial charge in [-0.2, -0.15) is 0 Å². The molecule has 2 unspecified atom stereocenters. The van der Waals surface area contributed by atoms with E-state index in [1.165, 1.54) is 25.9 Å². The van der Waals surface area contributed by atoms with E-state index in [1.54, 1.807) is 0 Å². The highest BCUT2D eigenvalue weighted by Crippen LogP contribution is 2.55. The first kappa shape index (κ1) is 9.47. The largest absolute Gasteiger partial charge is 0.293 e. The summed E-state index contributed by atoms with van der Waals surface area (Å²) >= 11 is 0. The van der Waals surface area contributed by atoms with Crippen molar-refractivity contribution in [3.63, 3.8) is 0 Å². The smallest absolute Gasteiger partial charge is 0.0508 e. The van der Waals surface area contributed by atoms with Gasteiger partial charge in [0, 0.05) is 12.1 Å². The number of fused-ring (bicyclic) bond motifs is 1. The lowest BCUT2D eigenvalue weighted by atomic mass is 9.54. The predicted molar refractivity (Wildman–Crippen MR) is 55.6 cm³/mol. The zero-order valence-electron chi connectivity index (χ0n) is 9.43. The lowest BCUT2D eigenvalue weighted by Crippen LogP contribution is -2.72. The van der Waals surface area contributed by atoms with Gasteiger partial charge in [-0.3, -0.25) is 9.80 Å². The van der Waals surface area contributed by atoms with Crippen LogP contribution in [0, 0.1) is 5.41 Å². The van der Waals surface area contributed by atoms with E-state index in [0.717, 1.165) is 6.67 Å². The van der Waals surface area contributed by atoms with Crippen LogP contribution >= 0.6 is 0 Å². The zero-order valence-corrected chi connectivity index (χ0v) is 9.43. The maximum Gasteiger partial charge on any atom is 0.0508 e. The van der Waals surface area contributed by atoms with Gasteiger partial charge in [0.2, 0.25) is 0 Å². The number of rotatable bonds is 1. The third-order valence-corrected chi connectivity index (χ3v) is 4.57. The van der Waals surface area contributed by atoms with E-state index in [-0.39, 0.29) is 0 Å². The molecule has 1 aliphatic carbocycles. The monoisotopic (exact) mass is 182 g/mol. The van der Waals surface area contributed by atoms with Crippen LogP contribution in [-0.4, -0.2) is 42.1 Å². The van der Waals surface area contributed by atoms with E-state index in [9.17, 15) is 0 Å². The molecule has 2 atom stereocenters. The summed E-state index contributed by atoms with van der Waals surface area (Å²) in [6.07, 6.45) is 2.80. The van der Waals surface area contributed by atoms with Crippen molar-refractivity contribution in [3.05, 3.63) is 0 Å². The molecule has 0 aromatic heterocycles. The summed E-state index contributed by atoms with van der Waals surface area (Å²) in [6.45, 7) is 10.8. The summed E-state index contributed by atoms with van der Waals surface area (Å²) in [7, 11) is 2.24. The van der Waals surface area contributed by atoms with E-state index >= 15 is 0 Å². The third-order valence-electron chi connectivity index (χ3n) is 4.57. The minimum absolute atomic E-state index is 0.494. The Balaban J connectivity index is 2.22. The Kier molecular flexibility index (Phi) is 1.97. The van der Waals surface area contributed by atoms with Gasteiger partial charge in [0.25, 0.3) is 0 Å². The molecule has 0 radical (unpaired) electrons. The van der Waals surface area contributed by atoms with Crippen molar-refractivity contribution in [1.29, 1.82) is 0 Å². The molecule has 1 heterocycles. The third kappa shape index (κ3) is 1.08. The first-order valence-corrected chi connectivity index (χ1v) is 5.45. The topological polar surface area (TPSA) is 6.48 Å². The second kappa shape index (κ2) is 2.71. The first-order valence-electron chi connectivity index (χ1n) is 5.45. The molecule has 2 fully saturated rings.